The van der Waals surface area contributed by atoms with Crippen LogP contribution in [-0.4, -0.2) is 14.5 Å². The van der Waals surface area contributed by atoms with E-state index in [-0.39, 0.29) is 0 Å². The first kappa shape index (κ1) is 29.6. The molecule has 53 heavy (non-hydrogen) atoms. The average Bonchev–Trinajstić information content (AvgIpc) is 3.58. The summed E-state index contributed by atoms with van der Waals surface area (Å²) in [7, 11) is 0. The fraction of sp³-hybridized carbons (Fsp3) is 0. The molecular weight excluding hydrogens is 643 g/mol. The van der Waals surface area contributed by atoms with Crippen LogP contribution in [0.25, 0.3) is 104 Å². The van der Waals surface area contributed by atoms with Gasteiger partial charge in [-0.3, -0.25) is 9.97 Å². The smallest absolute Gasteiger partial charge is 0.0971 e. The van der Waals surface area contributed by atoms with Crippen LogP contribution in [0.15, 0.2) is 188 Å². The van der Waals surface area contributed by atoms with E-state index in [1.54, 1.807) is 12.4 Å². The SMILES string of the molecule is c1cc(-c2ccc3cc(-c4cccc(-n5c6ccccc6c6ccccc65)c4)ccc3c2)cc(-c2ccc3c(c2)c2ccccc2c2nccnc32)c1. The Hall–Kier alpha value is -7.10. The molecule has 0 saturated carbocycles. The summed E-state index contributed by atoms with van der Waals surface area (Å²) in [5, 5.41) is 9.63. The molecule has 246 valence electrons. The normalized spacial score (nSPS) is 11.8. The van der Waals surface area contributed by atoms with Crippen molar-refractivity contribution in [1.82, 2.24) is 14.5 Å². The molecule has 3 heteroatoms. The molecule has 11 aromatic rings. The van der Waals surface area contributed by atoms with Crippen molar-refractivity contribution in [3.05, 3.63) is 188 Å². The van der Waals surface area contributed by atoms with Gasteiger partial charge in [0.2, 0.25) is 0 Å². The Labute approximate surface area is 306 Å². The molecule has 9 aromatic carbocycles. The largest absolute Gasteiger partial charge is 0.309 e. The van der Waals surface area contributed by atoms with Crippen LogP contribution in [-0.2, 0) is 0 Å². The quantitative estimate of drug-likeness (QED) is 0.174. The minimum Gasteiger partial charge on any atom is -0.309 e. The molecule has 0 atom stereocenters. The van der Waals surface area contributed by atoms with Gasteiger partial charge in [0.25, 0.3) is 0 Å². The van der Waals surface area contributed by atoms with Gasteiger partial charge in [-0.25, -0.2) is 0 Å². The van der Waals surface area contributed by atoms with E-state index in [2.05, 4.69) is 180 Å². The van der Waals surface area contributed by atoms with Gasteiger partial charge in [-0.1, -0.05) is 127 Å². The number of aromatic nitrogens is 3. The summed E-state index contributed by atoms with van der Waals surface area (Å²) in [5.74, 6) is 0. The molecular formula is C50H31N3. The third kappa shape index (κ3) is 4.75. The zero-order chi connectivity index (χ0) is 34.9. The molecule has 0 aliphatic carbocycles. The molecule has 0 saturated heterocycles. The van der Waals surface area contributed by atoms with Gasteiger partial charge >= 0.3 is 0 Å². The van der Waals surface area contributed by atoms with Gasteiger partial charge in [-0.2, -0.15) is 0 Å². The van der Waals surface area contributed by atoms with Crippen molar-refractivity contribution in [1.29, 1.82) is 0 Å². The molecule has 0 unspecified atom stereocenters. The highest BCUT2D eigenvalue weighted by Crippen LogP contribution is 2.38. The van der Waals surface area contributed by atoms with E-state index in [9.17, 15) is 0 Å². The standard InChI is InChI=1S/C50H31N3/c1-2-16-44-41(13-1)46-31-39(23-24-45(46)50-49(44)51-25-26-52-50)33-10-7-9-32(27-33)35-19-21-38-29-36(20-22-37(38)28-35)34-11-8-12-40(30-34)53-47-17-5-3-14-42(47)43-15-4-6-18-48(43)53/h1-31H. The monoisotopic (exact) mass is 673 g/mol. The molecule has 0 N–H and O–H groups in total. The third-order valence-corrected chi connectivity index (χ3v) is 10.8. The fourth-order valence-corrected chi connectivity index (χ4v) is 8.32. The number of hydrogen-bond acceptors (Lipinski definition) is 2. The number of para-hydroxylation sites is 2. The first-order valence-corrected chi connectivity index (χ1v) is 18.1. The molecule has 0 radical (unpaired) electrons. The Morgan fingerprint density at radius 1 is 0.302 bits per heavy atom. The molecule has 0 aliphatic heterocycles. The van der Waals surface area contributed by atoms with Crippen LogP contribution >= 0.6 is 0 Å². The lowest BCUT2D eigenvalue weighted by Crippen LogP contribution is -1.94. The highest BCUT2D eigenvalue weighted by molar-refractivity contribution is 6.23. The number of fused-ring (bicyclic) bond motifs is 10. The van der Waals surface area contributed by atoms with E-state index in [4.69, 9.17) is 9.97 Å². The van der Waals surface area contributed by atoms with Crippen molar-refractivity contribution in [3.63, 3.8) is 0 Å². The highest BCUT2D eigenvalue weighted by atomic mass is 15.0. The summed E-state index contributed by atoms with van der Waals surface area (Å²) in [6.45, 7) is 0. The van der Waals surface area contributed by atoms with Gasteiger partial charge < -0.3 is 4.57 Å². The van der Waals surface area contributed by atoms with Gasteiger partial charge in [-0.15, -0.1) is 0 Å². The van der Waals surface area contributed by atoms with Gasteiger partial charge in [0.15, 0.2) is 0 Å². The summed E-state index contributed by atoms with van der Waals surface area (Å²) in [6.07, 6.45) is 3.56. The molecule has 0 spiro atoms. The second-order valence-electron chi connectivity index (χ2n) is 13.8. The zero-order valence-electron chi connectivity index (χ0n) is 28.7. The molecule has 0 aliphatic rings. The van der Waals surface area contributed by atoms with Crippen molar-refractivity contribution < 1.29 is 0 Å². The van der Waals surface area contributed by atoms with Crippen LogP contribution in [0.3, 0.4) is 0 Å². The second-order valence-corrected chi connectivity index (χ2v) is 13.8. The van der Waals surface area contributed by atoms with Crippen molar-refractivity contribution >= 4 is 65.2 Å². The first-order chi connectivity index (χ1) is 26.3. The number of benzene rings is 9. The summed E-state index contributed by atoms with van der Waals surface area (Å²) in [4.78, 5) is 9.43. The van der Waals surface area contributed by atoms with Crippen LogP contribution in [0.4, 0.5) is 0 Å². The molecule has 2 aromatic heterocycles. The minimum atomic E-state index is 0.941. The van der Waals surface area contributed by atoms with Crippen LogP contribution in [0.2, 0.25) is 0 Å². The minimum absolute atomic E-state index is 0.941. The summed E-state index contributed by atoms with van der Waals surface area (Å²) in [5.41, 5.74) is 12.7. The lowest BCUT2D eigenvalue weighted by Gasteiger charge is -2.12. The first-order valence-electron chi connectivity index (χ1n) is 18.1. The Balaban J connectivity index is 0.951. The lowest BCUT2D eigenvalue weighted by atomic mass is 9.93. The number of rotatable bonds is 4. The summed E-state index contributed by atoms with van der Waals surface area (Å²) >= 11 is 0. The summed E-state index contributed by atoms with van der Waals surface area (Å²) < 4.78 is 2.38. The Morgan fingerprint density at radius 3 is 1.42 bits per heavy atom. The molecule has 2 heterocycles. The Bertz CT molecular complexity index is 3150. The maximum Gasteiger partial charge on any atom is 0.0971 e. The van der Waals surface area contributed by atoms with Gasteiger partial charge in [0.05, 0.1) is 22.1 Å². The Morgan fingerprint density at radius 2 is 0.774 bits per heavy atom. The predicted molar refractivity (Wildman–Crippen MR) is 223 cm³/mol. The van der Waals surface area contributed by atoms with Crippen molar-refractivity contribution in [2.75, 3.05) is 0 Å². The van der Waals surface area contributed by atoms with E-state index in [0.717, 1.165) is 27.5 Å². The van der Waals surface area contributed by atoms with Crippen molar-refractivity contribution in [2.24, 2.45) is 0 Å². The average molecular weight is 674 g/mol. The highest BCUT2D eigenvalue weighted by Gasteiger charge is 2.14. The van der Waals surface area contributed by atoms with Gasteiger partial charge in [0, 0.05) is 39.6 Å². The van der Waals surface area contributed by atoms with Crippen LogP contribution < -0.4 is 0 Å². The fourth-order valence-electron chi connectivity index (χ4n) is 8.32. The topological polar surface area (TPSA) is 30.7 Å². The zero-order valence-corrected chi connectivity index (χ0v) is 28.7. The maximum absolute atomic E-state index is 4.73. The van der Waals surface area contributed by atoms with Crippen LogP contribution in [0, 0.1) is 0 Å². The number of nitrogens with zero attached hydrogens (tertiary/aromatic N) is 3. The van der Waals surface area contributed by atoms with Crippen LogP contribution in [0.5, 0.6) is 0 Å². The molecule has 11 rings (SSSR count). The molecule has 3 nitrogen and oxygen atoms in total. The van der Waals surface area contributed by atoms with Gasteiger partial charge in [0.1, 0.15) is 0 Å². The van der Waals surface area contributed by atoms with E-state index in [1.807, 2.05) is 0 Å². The van der Waals surface area contributed by atoms with Crippen LogP contribution in [0.1, 0.15) is 0 Å². The van der Waals surface area contributed by atoms with Crippen molar-refractivity contribution in [2.45, 2.75) is 0 Å². The van der Waals surface area contributed by atoms with E-state index in [0.29, 0.717) is 0 Å². The van der Waals surface area contributed by atoms with E-state index >= 15 is 0 Å². The maximum atomic E-state index is 4.73. The Kier molecular flexibility index (Phi) is 6.55. The van der Waals surface area contributed by atoms with Gasteiger partial charge in [-0.05, 0) is 103 Å². The predicted octanol–water partition coefficient (Wildman–Crippen LogP) is 13.2. The lowest BCUT2D eigenvalue weighted by molar-refractivity contribution is 1.18. The van der Waals surface area contributed by atoms with E-state index < -0.39 is 0 Å². The number of hydrogen-bond donors (Lipinski definition) is 0. The molecule has 0 bridgehead atoms. The molecule has 0 amide bonds. The summed E-state index contributed by atoms with van der Waals surface area (Å²) in [6, 6.07) is 64.0. The van der Waals surface area contributed by atoms with E-state index in [1.165, 1.54) is 76.7 Å². The second kappa shape index (κ2) is 11.7. The third-order valence-electron chi connectivity index (χ3n) is 10.8. The molecule has 0 fully saturated rings. The van der Waals surface area contributed by atoms with Crippen molar-refractivity contribution in [3.8, 4) is 39.1 Å².